The molecule has 7 heteroatoms. The molecule has 1 aromatic heterocycles. The molecule has 0 radical (unpaired) electrons. The van der Waals surface area contributed by atoms with E-state index < -0.39 is 0 Å². The first-order chi connectivity index (χ1) is 13.6. The van der Waals surface area contributed by atoms with Crippen LogP contribution in [0.1, 0.15) is 17.5 Å². The first-order valence-electron chi connectivity index (χ1n) is 9.66. The Morgan fingerprint density at radius 1 is 1.14 bits per heavy atom. The number of anilines is 1. The number of hydrogen-bond donors (Lipinski definition) is 1. The monoisotopic (exact) mass is 383 g/mol. The Morgan fingerprint density at radius 2 is 1.82 bits per heavy atom. The molecular formula is C21H29N5O2. The van der Waals surface area contributed by atoms with Crippen molar-refractivity contribution in [3.8, 4) is 0 Å². The average Bonchev–Trinajstić information content (AvgIpc) is 3.29. The number of furan rings is 1. The number of hydrogen-bond acceptors (Lipinski definition) is 4. The molecule has 3 rings (SSSR count). The zero-order chi connectivity index (χ0) is 19.9. The lowest BCUT2D eigenvalue weighted by molar-refractivity contribution is 0.0657. The molecule has 7 nitrogen and oxygen atoms in total. The molecule has 0 spiro atoms. The summed E-state index contributed by atoms with van der Waals surface area (Å²) in [5.41, 5.74) is 1.19. The second-order valence-electron chi connectivity index (χ2n) is 6.98. The van der Waals surface area contributed by atoms with E-state index in [0.29, 0.717) is 24.9 Å². The summed E-state index contributed by atoms with van der Waals surface area (Å²) in [6.45, 7) is 5.76. The van der Waals surface area contributed by atoms with Crippen LogP contribution < -0.4 is 10.2 Å². The predicted molar refractivity (Wildman–Crippen MR) is 112 cm³/mol. The molecule has 150 valence electrons. The van der Waals surface area contributed by atoms with Gasteiger partial charge in [-0.2, -0.15) is 0 Å². The van der Waals surface area contributed by atoms with Gasteiger partial charge in [0.25, 0.3) is 5.91 Å². The molecule has 1 aliphatic rings. The van der Waals surface area contributed by atoms with E-state index in [1.54, 1.807) is 19.2 Å². The Hall–Kier alpha value is -2.96. The maximum Gasteiger partial charge on any atom is 0.289 e. The van der Waals surface area contributed by atoms with Gasteiger partial charge in [0.1, 0.15) is 0 Å². The fourth-order valence-electron chi connectivity index (χ4n) is 3.30. The van der Waals surface area contributed by atoms with Gasteiger partial charge in [-0.15, -0.1) is 0 Å². The molecule has 0 bridgehead atoms. The first kappa shape index (κ1) is 19.8. The van der Waals surface area contributed by atoms with Gasteiger partial charge in [-0.1, -0.05) is 18.2 Å². The van der Waals surface area contributed by atoms with Crippen molar-refractivity contribution in [2.75, 3.05) is 51.7 Å². The quantitative estimate of drug-likeness (QED) is 0.633. The van der Waals surface area contributed by atoms with Crippen LogP contribution in [0.4, 0.5) is 5.69 Å². The van der Waals surface area contributed by atoms with Crippen LogP contribution in [0.15, 0.2) is 58.1 Å². The number of likely N-dealkylation sites (N-methyl/N-ethyl adjacent to an activating group) is 1. The second-order valence-corrected chi connectivity index (χ2v) is 6.98. The van der Waals surface area contributed by atoms with E-state index in [4.69, 9.17) is 4.42 Å². The highest BCUT2D eigenvalue weighted by atomic mass is 16.3. The molecule has 2 aromatic rings. The minimum atomic E-state index is -0.0503. The summed E-state index contributed by atoms with van der Waals surface area (Å²) < 4.78 is 5.22. The number of nitrogens with one attached hydrogen (secondary N) is 1. The van der Waals surface area contributed by atoms with Crippen LogP contribution in [0, 0.1) is 0 Å². The van der Waals surface area contributed by atoms with Crippen LogP contribution in [0.5, 0.6) is 0 Å². The fraction of sp³-hybridized carbons (Fsp3) is 0.429. The summed E-state index contributed by atoms with van der Waals surface area (Å²) in [6.07, 6.45) is 1.53. The number of carbonyl (C=O) groups is 1. The lowest BCUT2D eigenvalue weighted by atomic mass is 10.2. The summed E-state index contributed by atoms with van der Waals surface area (Å²) in [5.74, 6) is 1.22. The van der Waals surface area contributed by atoms with Crippen LogP contribution in [-0.2, 0) is 0 Å². The number of guanidine groups is 1. The maximum absolute atomic E-state index is 12.4. The number of carbonyl (C=O) groups excluding carboxylic acids is 1. The van der Waals surface area contributed by atoms with E-state index in [1.165, 1.54) is 12.0 Å². The Bertz CT molecular complexity index is 767. The first-order valence-corrected chi connectivity index (χ1v) is 9.66. The second kappa shape index (κ2) is 9.30. The van der Waals surface area contributed by atoms with Crippen LogP contribution >= 0.6 is 0 Å². The minimum absolute atomic E-state index is 0.0503. The van der Waals surface area contributed by atoms with Crippen LogP contribution in [0.25, 0.3) is 0 Å². The van der Waals surface area contributed by atoms with E-state index in [-0.39, 0.29) is 5.91 Å². The molecule has 1 saturated heterocycles. The van der Waals surface area contributed by atoms with E-state index in [9.17, 15) is 4.79 Å². The van der Waals surface area contributed by atoms with E-state index >= 15 is 0 Å². The average molecular weight is 383 g/mol. The van der Waals surface area contributed by atoms with Crippen LogP contribution in [0.2, 0.25) is 0 Å². The van der Waals surface area contributed by atoms with Gasteiger partial charge >= 0.3 is 0 Å². The molecule has 1 aliphatic heterocycles. The number of aliphatic imine (C=N–C) groups is 1. The molecular weight excluding hydrogens is 354 g/mol. The van der Waals surface area contributed by atoms with Crippen molar-refractivity contribution < 1.29 is 9.21 Å². The molecule has 2 heterocycles. The Labute approximate surface area is 166 Å². The summed E-state index contributed by atoms with van der Waals surface area (Å²) in [7, 11) is 3.90. The SMILES string of the molecule is CN=C(NCC(C)N(C)c1ccccc1)N1CCN(C(=O)c2ccco2)CC1. The van der Waals surface area contributed by atoms with Crippen molar-refractivity contribution in [1.82, 2.24) is 15.1 Å². The zero-order valence-electron chi connectivity index (χ0n) is 16.8. The number of para-hydroxylation sites is 1. The minimum Gasteiger partial charge on any atom is -0.459 e. The van der Waals surface area contributed by atoms with E-state index in [2.05, 4.69) is 58.3 Å². The highest BCUT2D eigenvalue weighted by Gasteiger charge is 2.25. The maximum atomic E-state index is 12.4. The van der Waals surface area contributed by atoms with Crippen molar-refractivity contribution in [1.29, 1.82) is 0 Å². The third-order valence-corrected chi connectivity index (χ3v) is 5.19. The molecule has 1 fully saturated rings. The number of rotatable bonds is 5. The Kier molecular flexibility index (Phi) is 6.57. The highest BCUT2D eigenvalue weighted by Crippen LogP contribution is 2.14. The lowest BCUT2D eigenvalue weighted by Crippen LogP contribution is -2.55. The number of nitrogens with zero attached hydrogens (tertiary/aromatic N) is 4. The van der Waals surface area contributed by atoms with Crippen molar-refractivity contribution in [3.05, 3.63) is 54.5 Å². The topological polar surface area (TPSA) is 64.3 Å². The van der Waals surface area contributed by atoms with Gasteiger partial charge in [-0.25, -0.2) is 0 Å². The largest absolute Gasteiger partial charge is 0.459 e. The van der Waals surface area contributed by atoms with E-state index in [0.717, 1.165) is 25.6 Å². The van der Waals surface area contributed by atoms with Gasteiger partial charge in [0.2, 0.25) is 0 Å². The number of amides is 1. The summed E-state index contributed by atoms with van der Waals surface area (Å²) >= 11 is 0. The fourth-order valence-corrected chi connectivity index (χ4v) is 3.30. The highest BCUT2D eigenvalue weighted by molar-refractivity contribution is 5.91. The molecule has 1 N–H and O–H groups in total. The van der Waals surface area contributed by atoms with Gasteiger partial charge in [-0.05, 0) is 31.2 Å². The normalized spacial score (nSPS) is 16.0. The standard InChI is InChI=1S/C21H29N5O2/c1-17(24(3)18-8-5-4-6-9-18)16-23-21(22-2)26-13-11-25(12-14-26)20(27)19-10-7-15-28-19/h4-10,15,17H,11-14,16H2,1-3H3,(H,22,23). The third-order valence-electron chi connectivity index (χ3n) is 5.19. The van der Waals surface area contributed by atoms with Gasteiger partial charge in [-0.3, -0.25) is 9.79 Å². The van der Waals surface area contributed by atoms with Crippen LogP contribution in [-0.4, -0.2) is 74.5 Å². The van der Waals surface area contributed by atoms with Crippen molar-refractivity contribution in [2.24, 2.45) is 4.99 Å². The summed E-state index contributed by atoms with van der Waals surface area (Å²) in [4.78, 5) is 23.1. The van der Waals surface area contributed by atoms with Crippen molar-refractivity contribution in [2.45, 2.75) is 13.0 Å². The Morgan fingerprint density at radius 3 is 2.43 bits per heavy atom. The van der Waals surface area contributed by atoms with E-state index in [1.807, 2.05) is 11.0 Å². The summed E-state index contributed by atoms with van der Waals surface area (Å²) in [5, 5.41) is 3.47. The third kappa shape index (κ3) is 4.65. The molecule has 28 heavy (non-hydrogen) atoms. The molecule has 1 amide bonds. The summed E-state index contributed by atoms with van der Waals surface area (Å²) in [6, 6.07) is 14.1. The molecule has 1 atom stereocenters. The predicted octanol–water partition coefficient (Wildman–Crippen LogP) is 2.14. The molecule has 0 aliphatic carbocycles. The zero-order valence-corrected chi connectivity index (χ0v) is 16.8. The van der Waals surface area contributed by atoms with Crippen molar-refractivity contribution >= 4 is 17.6 Å². The van der Waals surface area contributed by atoms with Gasteiger partial charge in [0.15, 0.2) is 11.7 Å². The molecule has 1 unspecified atom stereocenters. The van der Waals surface area contributed by atoms with Gasteiger partial charge in [0.05, 0.1) is 6.26 Å². The smallest absolute Gasteiger partial charge is 0.289 e. The van der Waals surface area contributed by atoms with Crippen molar-refractivity contribution in [3.63, 3.8) is 0 Å². The number of benzene rings is 1. The molecule has 1 aromatic carbocycles. The van der Waals surface area contributed by atoms with Crippen LogP contribution in [0.3, 0.4) is 0 Å². The lowest BCUT2D eigenvalue weighted by Gasteiger charge is -2.37. The van der Waals surface area contributed by atoms with Gasteiger partial charge < -0.3 is 24.4 Å². The Balaban J connectivity index is 1.49. The molecule has 0 saturated carbocycles. The number of piperazine rings is 1. The van der Waals surface area contributed by atoms with Gasteiger partial charge in [0, 0.05) is 58.5 Å².